The lowest BCUT2D eigenvalue weighted by atomic mass is 9.70. The van der Waals surface area contributed by atoms with E-state index in [0.717, 1.165) is 31.3 Å². The molecule has 0 radical (unpaired) electrons. The van der Waals surface area contributed by atoms with Gasteiger partial charge in [-0.25, -0.2) is 4.68 Å². The second-order valence-electron chi connectivity index (χ2n) is 7.47. The van der Waals surface area contributed by atoms with Crippen LogP contribution in [0.3, 0.4) is 0 Å². The van der Waals surface area contributed by atoms with Crippen LogP contribution in [0.4, 0.5) is 0 Å². The lowest BCUT2D eigenvalue weighted by Crippen LogP contribution is -2.37. The van der Waals surface area contributed by atoms with E-state index < -0.39 is 0 Å². The number of aromatic nitrogens is 3. The van der Waals surface area contributed by atoms with Gasteiger partial charge in [0.15, 0.2) is 0 Å². The Labute approximate surface area is 127 Å². The Kier molecular flexibility index (Phi) is 3.82. The summed E-state index contributed by atoms with van der Waals surface area (Å²) >= 11 is 0. The first-order chi connectivity index (χ1) is 9.97. The van der Waals surface area contributed by atoms with E-state index in [-0.39, 0.29) is 0 Å². The minimum Gasteiger partial charge on any atom is -0.376 e. The Morgan fingerprint density at radius 3 is 2.86 bits per heavy atom. The van der Waals surface area contributed by atoms with Crippen LogP contribution < -0.4 is 5.32 Å². The van der Waals surface area contributed by atoms with Gasteiger partial charge in [-0.3, -0.25) is 0 Å². The summed E-state index contributed by atoms with van der Waals surface area (Å²) in [6.07, 6.45) is 6.31. The first kappa shape index (κ1) is 15.0. The summed E-state index contributed by atoms with van der Waals surface area (Å²) in [5.74, 6) is 0.834. The molecule has 2 bridgehead atoms. The van der Waals surface area contributed by atoms with E-state index in [1.165, 1.54) is 19.3 Å². The number of nitrogens with one attached hydrogen (secondary N) is 1. The van der Waals surface area contributed by atoms with Crippen molar-refractivity contribution < 1.29 is 4.74 Å². The number of hydrogen-bond donors (Lipinski definition) is 1. The first-order valence-corrected chi connectivity index (χ1v) is 8.12. The van der Waals surface area contributed by atoms with Crippen molar-refractivity contribution in [2.75, 3.05) is 13.7 Å². The molecule has 1 N–H and O–H groups in total. The molecule has 2 fully saturated rings. The van der Waals surface area contributed by atoms with Gasteiger partial charge in [0, 0.05) is 12.7 Å². The minimum absolute atomic E-state index is 0.345. The van der Waals surface area contributed by atoms with E-state index in [9.17, 15) is 0 Å². The maximum Gasteiger partial charge on any atom is 0.0964 e. The van der Waals surface area contributed by atoms with Crippen LogP contribution >= 0.6 is 0 Å². The minimum atomic E-state index is 0.345. The fourth-order valence-electron chi connectivity index (χ4n) is 4.38. The van der Waals surface area contributed by atoms with Crippen LogP contribution in [0.25, 0.3) is 0 Å². The zero-order valence-corrected chi connectivity index (χ0v) is 13.7. The molecule has 1 heterocycles. The topological polar surface area (TPSA) is 52.0 Å². The summed E-state index contributed by atoms with van der Waals surface area (Å²) in [6, 6.07) is 0. The maximum atomic E-state index is 6.24. The van der Waals surface area contributed by atoms with Gasteiger partial charge in [0.2, 0.25) is 0 Å². The third-order valence-corrected chi connectivity index (χ3v) is 6.30. The smallest absolute Gasteiger partial charge is 0.0964 e. The average Bonchev–Trinajstić information content (AvgIpc) is 3.02. The van der Waals surface area contributed by atoms with Crippen molar-refractivity contribution in [1.29, 1.82) is 0 Å². The second kappa shape index (κ2) is 5.36. The fraction of sp³-hybridized carbons (Fsp3) is 0.875. The fourth-order valence-corrected chi connectivity index (χ4v) is 4.38. The van der Waals surface area contributed by atoms with Crippen molar-refractivity contribution in [3.8, 4) is 0 Å². The lowest BCUT2D eigenvalue weighted by molar-refractivity contribution is -0.0495. The number of rotatable bonds is 6. The van der Waals surface area contributed by atoms with E-state index >= 15 is 0 Å². The molecule has 0 saturated heterocycles. The third kappa shape index (κ3) is 2.40. The zero-order valence-electron chi connectivity index (χ0n) is 13.7. The first-order valence-electron chi connectivity index (χ1n) is 8.12. The Bertz CT molecular complexity index is 498. The SMILES string of the molecule is CNCc1cn(CCOC2CC3CCC2(C)C3(C)C)nn1. The number of nitrogens with zero attached hydrogens (tertiary/aromatic N) is 3. The summed E-state index contributed by atoms with van der Waals surface area (Å²) < 4.78 is 8.13. The van der Waals surface area contributed by atoms with Gasteiger partial charge in [0.1, 0.15) is 0 Å². The molecule has 1 aromatic heterocycles. The quantitative estimate of drug-likeness (QED) is 0.873. The molecule has 2 aliphatic rings. The molecular formula is C16H28N4O. The molecule has 5 nitrogen and oxygen atoms in total. The maximum absolute atomic E-state index is 6.24. The van der Waals surface area contributed by atoms with E-state index in [2.05, 4.69) is 36.4 Å². The van der Waals surface area contributed by atoms with Gasteiger partial charge >= 0.3 is 0 Å². The van der Waals surface area contributed by atoms with Crippen LogP contribution in [0.15, 0.2) is 6.20 Å². The Morgan fingerprint density at radius 2 is 2.24 bits per heavy atom. The highest BCUT2D eigenvalue weighted by Crippen LogP contribution is 2.66. The molecule has 0 amide bonds. The Balaban J connectivity index is 1.52. The van der Waals surface area contributed by atoms with Crippen LogP contribution in [0.2, 0.25) is 0 Å². The summed E-state index contributed by atoms with van der Waals surface area (Å²) in [5, 5.41) is 11.3. The largest absolute Gasteiger partial charge is 0.376 e. The van der Waals surface area contributed by atoms with Crippen LogP contribution in [0, 0.1) is 16.7 Å². The molecule has 0 aromatic carbocycles. The van der Waals surface area contributed by atoms with E-state index in [1.54, 1.807) is 0 Å². The monoisotopic (exact) mass is 292 g/mol. The lowest BCUT2D eigenvalue weighted by Gasteiger charge is -2.38. The van der Waals surface area contributed by atoms with Crippen molar-refractivity contribution in [2.24, 2.45) is 16.7 Å². The van der Waals surface area contributed by atoms with Crippen LogP contribution in [0.5, 0.6) is 0 Å². The second-order valence-corrected chi connectivity index (χ2v) is 7.47. The van der Waals surface area contributed by atoms with E-state index in [0.29, 0.717) is 16.9 Å². The molecular weight excluding hydrogens is 264 g/mol. The number of hydrogen-bond acceptors (Lipinski definition) is 4. The molecule has 1 aromatic rings. The van der Waals surface area contributed by atoms with Crippen molar-refractivity contribution in [2.45, 2.75) is 59.2 Å². The molecule has 0 aliphatic heterocycles. The summed E-state index contributed by atoms with van der Waals surface area (Å²) in [5.41, 5.74) is 1.74. The van der Waals surface area contributed by atoms with Gasteiger partial charge in [-0.05, 0) is 43.1 Å². The third-order valence-electron chi connectivity index (χ3n) is 6.30. The van der Waals surface area contributed by atoms with Gasteiger partial charge in [-0.2, -0.15) is 0 Å². The van der Waals surface area contributed by atoms with Gasteiger partial charge in [-0.1, -0.05) is 26.0 Å². The molecule has 5 heteroatoms. The number of ether oxygens (including phenoxy) is 1. The van der Waals surface area contributed by atoms with Crippen molar-refractivity contribution in [1.82, 2.24) is 20.3 Å². The van der Waals surface area contributed by atoms with Crippen LogP contribution in [-0.4, -0.2) is 34.8 Å². The standard InChI is InChI=1S/C16H28N4O/c1-15(2)12-5-6-16(15,3)14(9-12)21-8-7-20-11-13(10-17-4)18-19-20/h11-12,14,17H,5-10H2,1-4H3. The molecule has 3 rings (SSSR count). The van der Waals surface area contributed by atoms with Gasteiger partial charge < -0.3 is 10.1 Å². The van der Waals surface area contributed by atoms with Gasteiger partial charge in [-0.15, -0.1) is 5.10 Å². The molecule has 0 spiro atoms. The molecule has 21 heavy (non-hydrogen) atoms. The van der Waals surface area contributed by atoms with Crippen molar-refractivity contribution >= 4 is 0 Å². The highest BCUT2D eigenvalue weighted by atomic mass is 16.5. The summed E-state index contributed by atoms with van der Waals surface area (Å²) in [7, 11) is 1.92. The predicted octanol–water partition coefficient (Wildman–Crippen LogP) is 2.23. The normalized spacial score (nSPS) is 33.7. The van der Waals surface area contributed by atoms with Crippen LogP contribution in [0.1, 0.15) is 45.7 Å². The highest BCUT2D eigenvalue weighted by molar-refractivity contribution is 5.11. The number of fused-ring (bicyclic) bond motifs is 2. The highest BCUT2D eigenvalue weighted by Gasteiger charge is 2.61. The Morgan fingerprint density at radius 1 is 1.43 bits per heavy atom. The average molecular weight is 292 g/mol. The zero-order chi connectivity index (χ0) is 15.1. The summed E-state index contributed by atoms with van der Waals surface area (Å²) in [6.45, 7) is 9.55. The van der Waals surface area contributed by atoms with E-state index in [1.807, 2.05) is 17.9 Å². The van der Waals surface area contributed by atoms with Gasteiger partial charge in [0.25, 0.3) is 0 Å². The molecule has 3 atom stereocenters. The van der Waals surface area contributed by atoms with E-state index in [4.69, 9.17) is 4.74 Å². The molecule has 2 aliphatic carbocycles. The predicted molar refractivity (Wildman–Crippen MR) is 81.8 cm³/mol. The van der Waals surface area contributed by atoms with Crippen molar-refractivity contribution in [3.63, 3.8) is 0 Å². The molecule has 3 unspecified atom stereocenters. The van der Waals surface area contributed by atoms with Crippen molar-refractivity contribution in [3.05, 3.63) is 11.9 Å². The van der Waals surface area contributed by atoms with Gasteiger partial charge in [0.05, 0.1) is 24.9 Å². The Hall–Kier alpha value is -0.940. The summed E-state index contributed by atoms with van der Waals surface area (Å²) in [4.78, 5) is 0. The molecule has 118 valence electrons. The molecule has 2 saturated carbocycles. The van der Waals surface area contributed by atoms with Crippen LogP contribution in [-0.2, 0) is 17.8 Å².